The average Bonchev–Trinajstić information content (AvgIpc) is 2.65. The van der Waals surface area contributed by atoms with Crippen molar-refractivity contribution in [3.63, 3.8) is 0 Å². The number of nitrogens with zero attached hydrogens (tertiary/aromatic N) is 1. The molecule has 0 spiro atoms. The number of allylic oxidation sites excluding steroid dienone is 2. The zero-order chi connectivity index (χ0) is 19.1. The number of fused-ring (bicyclic) bond motifs is 1. The molecule has 0 unspecified atom stereocenters. The fraction of sp³-hybridized carbons (Fsp3) is 0.476. The third kappa shape index (κ3) is 4.40. The van der Waals surface area contributed by atoms with Gasteiger partial charge in [0.05, 0.1) is 17.9 Å². The lowest BCUT2D eigenvalue weighted by Gasteiger charge is -2.18. The Morgan fingerprint density at radius 1 is 1.19 bits per heavy atom. The first-order valence-electron chi connectivity index (χ1n) is 9.41. The van der Waals surface area contributed by atoms with Crippen molar-refractivity contribution in [3.8, 4) is 11.5 Å². The van der Waals surface area contributed by atoms with Gasteiger partial charge in [0.2, 0.25) is 5.75 Å². The number of nitrogen functional groups attached to an aromatic ring is 1. The topological polar surface area (TPSA) is 66.5 Å². The quantitative estimate of drug-likeness (QED) is 0.398. The molecule has 0 aliphatic rings. The fourth-order valence-corrected chi connectivity index (χ4v) is 2.90. The Kier molecular flexibility index (Phi) is 7.13. The van der Waals surface area contributed by atoms with E-state index in [1.165, 1.54) is 6.42 Å². The number of ether oxygens (including phenoxy) is 2. The predicted octanol–water partition coefficient (Wildman–Crippen LogP) is 4.77. The molecule has 1 heterocycles. The zero-order valence-corrected chi connectivity index (χ0v) is 16.3. The van der Waals surface area contributed by atoms with Crippen LogP contribution in [0.3, 0.4) is 0 Å². The summed E-state index contributed by atoms with van der Waals surface area (Å²) in [5.41, 5.74) is 7.04. The summed E-state index contributed by atoms with van der Waals surface area (Å²) in [5, 5.41) is 0.817. The molecule has 26 heavy (non-hydrogen) atoms. The van der Waals surface area contributed by atoms with Gasteiger partial charge in [-0.3, -0.25) is 4.79 Å². The number of unbranched alkanes of at least 4 members (excludes halogenated alkanes) is 3. The molecule has 0 saturated carbocycles. The molecule has 5 heteroatoms. The van der Waals surface area contributed by atoms with Gasteiger partial charge in [0.1, 0.15) is 0 Å². The largest absolute Gasteiger partial charge is 0.485 e. The number of pyridine rings is 1. The van der Waals surface area contributed by atoms with Gasteiger partial charge in [-0.15, -0.1) is 0 Å². The van der Waals surface area contributed by atoms with Crippen LogP contribution in [0.5, 0.6) is 11.5 Å². The molecular weight excluding hydrogens is 328 g/mol. The van der Waals surface area contributed by atoms with Gasteiger partial charge in [-0.05, 0) is 37.6 Å². The molecule has 2 rings (SSSR count). The smallest absolute Gasteiger partial charge is 0.297 e. The molecule has 2 N–H and O–H groups in total. The van der Waals surface area contributed by atoms with E-state index in [0.717, 1.165) is 42.3 Å². The van der Waals surface area contributed by atoms with Gasteiger partial charge in [0, 0.05) is 24.5 Å². The third-order valence-electron chi connectivity index (χ3n) is 4.48. The van der Waals surface area contributed by atoms with Gasteiger partial charge in [-0.1, -0.05) is 33.1 Å². The summed E-state index contributed by atoms with van der Waals surface area (Å²) in [7, 11) is 1.73. The molecule has 5 nitrogen and oxygen atoms in total. The van der Waals surface area contributed by atoms with Crippen LogP contribution < -0.4 is 20.8 Å². The molecule has 0 saturated heterocycles. The molecule has 0 radical (unpaired) electrons. The molecule has 1 aromatic carbocycles. The van der Waals surface area contributed by atoms with Gasteiger partial charge in [0.25, 0.3) is 5.56 Å². The maximum absolute atomic E-state index is 12.9. The maximum atomic E-state index is 12.9. The summed E-state index contributed by atoms with van der Waals surface area (Å²) in [6.07, 6.45) is 6.98. The third-order valence-corrected chi connectivity index (χ3v) is 4.48. The van der Waals surface area contributed by atoms with E-state index in [1.807, 2.05) is 32.1 Å². The summed E-state index contributed by atoms with van der Waals surface area (Å²) < 4.78 is 13.6. The molecule has 0 aliphatic carbocycles. The van der Waals surface area contributed by atoms with Gasteiger partial charge in [-0.25, -0.2) is 0 Å². The highest BCUT2D eigenvalue weighted by Crippen LogP contribution is 2.35. The van der Waals surface area contributed by atoms with Crippen LogP contribution in [0.2, 0.25) is 0 Å². The second-order valence-corrected chi connectivity index (χ2v) is 6.42. The monoisotopic (exact) mass is 358 g/mol. The second-order valence-electron chi connectivity index (χ2n) is 6.42. The lowest BCUT2D eigenvalue weighted by molar-refractivity contribution is 0.281. The molecule has 0 fully saturated rings. The molecule has 0 amide bonds. The highest BCUT2D eigenvalue weighted by molar-refractivity contribution is 5.90. The molecule has 142 valence electrons. The molecule has 2 aromatic rings. The second kappa shape index (κ2) is 9.32. The molecule has 0 aliphatic heterocycles. The summed E-state index contributed by atoms with van der Waals surface area (Å²) in [4.78, 5) is 12.9. The highest BCUT2D eigenvalue weighted by atomic mass is 16.5. The number of benzene rings is 1. The Balaban J connectivity index is 2.51. The van der Waals surface area contributed by atoms with Crippen LogP contribution >= 0.6 is 0 Å². The highest BCUT2D eigenvalue weighted by Gasteiger charge is 2.19. The van der Waals surface area contributed by atoms with Gasteiger partial charge >= 0.3 is 0 Å². The van der Waals surface area contributed by atoms with Crippen LogP contribution in [-0.4, -0.2) is 11.2 Å². The SMILES string of the molecule is CC=C(CC)Oc1c(OCCCCCC)c(=O)n(C)c2cc(N)ccc12. The van der Waals surface area contributed by atoms with Crippen molar-refractivity contribution in [3.05, 3.63) is 40.4 Å². The van der Waals surface area contributed by atoms with Crippen LogP contribution in [0.25, 0.3) is 10.9 Å². The number of nitrogens with two attached hydrogens (primary N) is 1. The first-order chi connectivity index (χ1) is 12.5. The Morgan fingerprint density at radius 3 is 2.62 bits per heavy atom. The Morgan fingerprint density at radius 2 is 1.96 bits per heavy atom. The molecule has 1 aromatic heterocycles. The van der Waals surface area contributed by atoms with Gasteiger partial charge in [-0.2, -0.15) is 0 Å². The van der Waals surface area contributed by atoms with E-state index >= 15 is 0 Å². The first-order valence-corrected chi connectivity index (χ1v) is 9.41. The number of aryl methyl sites for hydroxylation is 1. The Bertz CT molecular complexity index is 837. The van der Waals surface area contributed by atoms with E-state index < -0.39 is 0 Å². The molecule has 0 bridgehead atoms. The lowest BCUT2D eigenvalue weighted by Crippen LogP contribution is -2.21. The van der Waals surface area contributed by atoms with Crippen LogP contribution in [0, 0.1) is 0 Å². The van der Waals surface area contributed by atoms with Crippen molar-refractivity contribution in [2.24, 2.45) is 7.05 Å². The van der Waals surface area contributed by atoms with Crippen molar-refractivity contribution in [2.75, 3.05) is 12.3 Å². The van der Waals surface area contributed by atoms with Crippen molar-refractivity contribution in [2.45, 2.75) is 52.9 Å². The van der Waals surface area contributed by atoms with Crippen LogP contribution in [0.4, 0.5) is 5.69 Å². The number of hydrogen-bond acceptors (Lipinski definition) is 4. The minimum atomic E-state index is -0.208. The van der Waals surface area contributed by atoms with E-state index in [-0.39, 0.29) is 11.3 Å². The summed E-state index contributed by atoms with van der Waals surface area (Å²) in [5.74, 6) is 1.55. The van der Waals surface area contributed by atoms with Crippen molar-refractivity contribution >= 4 is 16.6 Å². The number of anilines is 1. The fourth-order valence-electron chi connectivity index (χ4n) is 2.90. The van der Waals surface area contributed by atoms with E-state index in [1.54, 1.807) is 17.7 Å². The first kappa shape index (κ1) is 19.9. The normalized spacial score (nSPS) is 11.8. The van der Waals surface area contributed by atoms with Crippen LogP contribution in [0.1, 0.15) is 52.9 Å². The summed E-state index contributed by atoms with van der Waals surface area (Å²) >= 11 is 0. The summed E-state index contributed by atoms with van der Waals surface area (Å²) in [6, 6.07) is 5.48. The van der Waals surface area contributed by atoms with Gasteiger partial charge in [0.15, 0.2) is 5.75 Å². The maximum Gasteiger partial charge on any atom is 0.297 e. The van der Waals surface area contributed by atoms with E-state index in [2.05, 4.69) is 6.92 Å². The minimum Gasteiger partial charge on any atom is -0.485 e. The molecular formula is C21H30N2O3. The van der Waals surface area contributed by atoms with E-state index in [4.69, 9.17) is 15.2 Å². The lowest BCUT2D eigenvalue weighted by atomic mass is 10.1. The Hall–Kier alpha value is -2.43. The standard InChI is InChI=1S/C21H30N2O3/c1-5-8-9-10-13-25-20-19(26-16(6-2)7-3)17-12-11-15(22)14-18(17)23(4)21(20)24/h6,11-12,14H,5,7-10,13,22H2,1-4H3. The van der Waals surface area contributed by atoms with Crippen LogP contribution in [-0.2, 0) is 7.05 Å². The number of aromatic nitrogens is 1. The predicted molar refractivity (Wildman–Crippen MR) is 108 cm³/mol. The van der Waals surface area contributed by atoms with Crippen molar-refractivity contribution in [1.29, 1.82) is 0 Å². The van der Waals surface area contributed by atoms with Crippen molar-refractivity contribution in [1.82, 2.24) is 4.57 Å². The van der Waals surface area contributed by atoms with Crippen LogP contribution in [0.15, 0.2) is 34.8 Å². The van der Waals surface area contributed by atoms with Crippen molar-refractivity contribution < 1.29 is 9.47 Å². The van der Waals surface area contributed by atoms with E-state index in [9.17, 15) is 4.79 Å². The average molecular weight is 358 g/mol. The Labute approximate surface area is 155 Å². The van der Waals surface area contributed by atoms with Gasteiger partial charge < -0.3 is 19.8 Å². The number of rotatable bonds is 9. The minimum absolute atomic E-state index is 0.208. The van der Waals surface area contributed by atoms with E-state index in [0.29, 0.717) is 18.0 Å². The zero-order valence-electron chi connectivity index (χ0n) is 16.3. The number of hydrogen-bond donors (Lipinski definition) is 1. The molecule has 0 atom stereocenters. The summed E-state index contributed by atoms with van der Waals surface area (Å²) in [6.45, 7) is 6.61.